The molecule has 0 unspecified atom stereocenters. The lowest BCUT2D eigenvalue weighted by atomic mass is 10.1. The standard InChI is InChI=1S/C25H24FN5OS/c1-3-17(4-2)24-28-29-25(33-24)27-22(32)15-12-19-16-31(21-8-6-5-7-9-21)30-23(19)18-10-13-20(26)14-11-18/h5-17H,3-4H2,1-2H3,(H,27,29,32)/b15-12+. The Morgan fingerprint density at radius 1 is 1.09 bits per heavy atom. The number of aromatic nitrogens is 4. The minimum absolute atomic E-state index is 0.306. The zero-order valence-electron chi connectivity index (χ0n) is 18.4. The molecular formula is C25H24FN5OS. The molecule has 0 radical (unpaired) electrons. The predicted octanol–water partition coefficient (Wildman–Crippen LogP) is 6.09. The molecule has 0 bridgehead atoms. The van der Waals surface area contributed by atoms with Crippen LogP contribution in [-0.4, -0.2) is 25.9 Å². The van der Waals surface area contributed by atoms with Gasteiger partial charge in [-0.15, -0.1) is 10.2 Å². The molecule has 0 aliphatic rings. The van der Waals surface area contributed by atoms with Crippen molar-refractivity contribution in [2.75, 3.05) is 5.32 Å². The van der Waals surface area contributed by atoms with Crippen LogP contribution in [0.1, 0.15) is 43.2 Å². The lowest BCUT2D eigenvalue weighted by molar-refractivity contribution is -0.111. The highest BCUT2D eigenvalue weighted by Gasteiger charge is 2.15. The Morgan fingerprint density at radius 3 is 2.52 bits per heavy atom. The summed E-state index contributed by atoms with van der Waals surface area (Å²) in [5, 5.41) is 17.2. The molecule has 4 rings (SSSR count). The fourth-order valence-electron chi connectivity index (χ4n) is 3.45. The van der Waals surface area contributed by atoms with Gasteiger partial charge >= 0.3 is 0 Å². The number of amides is 1. The van der Waals surface area contributed by atoms with E-state index in [1.54, 1.807) is 22.9 Å². The molecule has 6 nitrogen and oxygen atoms in total. The van der Waals surface area contributed by atoms with Gasteiger partial charge in [-0.1, -0.05) is 43.4 Å². The van der Waals surface area contributed by atoms with Crippen LogP contribution in [0.4, 0.5) is 9.52 Å². The topological polar surface area (TPSA) is 72.7 Å². The summed E-state index contributed by atoms with van der Waals surface area (Å²) in [5.41, 5.74) is 3.02. The van der Waals surface area contributed by atoms with Gasteiger partial charge in [0.2, 0.25) is 11.0 Å². The van der Waals surface area contributed by atoms with Crippen LogP contribution in [0, 0.1) is 5.82 Å². The Balaban J connectivity index is 1.58. The number of halogens is 1. The van der Waals surface area contributed by atoms with Gasteiger partial charge in [-0.2, -0.15) is 5.10 Å². The second kappa shape index (κ2) is 10.3. The normalized spacial score (nSPS) is 11.4. The van der Waals surface area contributed by atoms with Crippen molar-refractivity contribution in [2.45, 2.75) is 32.6 Å². The van der Waals surface area contributed by atoms with Crippen molar-refractivity contribution >= 4 is 28.5 Å². The summed E-state index contributed by atoms with van der Waals surface area (Å²) in [6, 6.07) is 15.8. The fourth-order valence-corrected chi connectivity index (χ4v) is 4.47. The molecule has 2 aromatic carbocycles. The number of nitrogens with zero attached hydrogens (tertiary/aromatic N) is 4. The summed E-state index contributed by atoms with van der Waals surface area (Å²) in [4.78, 5) is 12.5. The number of carbonyl (C=O) groups excluding carboxylic acids is 1. The smallest absolute Gasteiger partial charge is 0.250 e. The van der Waals surface area contributed by atoms with E-state index in [1.165, 1.54) is 29.5 Å². The van der Waals surface area contributed by atoms with E-state index in [-0.39, 0.29) is 11.7 Å². The van der Waals surface area contributed by atoms with E-state index in [0.29, 0.717) is 16.7 Å². The molecule has 0 aliphatic heterocycles. The lowest BCUT2D eigenvalue weighted by Crippen LogP contribution is -2.07. The summed E-state index contributed by atoms with van der Waals surface area (Å²) < 4.78 is 15.2. The number of para-hydroxylation sites is 1. The average Bonchev–Trinajstić information content (AvgIpc) is 3.47. The molecule has 4 aromatic rings. The van der Waals surface area contributed by atoms with E-state index < -0.39 is 0 Å². The van der Waals surface area contributed by atoms with E-state index in [0.717, 1.165) is 34.7 Å². The maximum absolute atomic E-state index is 13.4. The molecule has 0 saturated carbocycles. The van der Waals surface area contributed by atoms with Crippen molar-refractivity contribution in [2.24, 2.45) is 0 Å². The quantitative estimate of drug-likeness (QED) is 0.323. The largest absolute Gasteiger partial charge is 0.297 e. The Kier molecular flexibility index (Phi) is 7.04. The van der Waals surface area contributed by atoms with E-state index >= 15 is 0 Å². The zero-order chi connectivity index (χ0) is 23.2. The maximum Gasteiger partial charge on any atom is 0.250 e. The highest BCUT2D eigenvalue weighted by molar-refractivity contribution is 7.15. The molecule has 0 spiro atoms. The van der Waals surface area contributed by atoms with Crippen molar-refractivity contribution in [1.82, 2.24) is 20.0 Å². The first-order valence-electron chi connectivity index (χ1n) is 10.8. The van der Waals surface area contributed by atoms with E-state index in [2.05, 4.69) is 34.5 Å². The molecule has 0 saturated heterocycles. The number of nitrogens with one attached hydrogen (secondary N) is 1. The average molecular weight is 462 g/mol. The lowest BCUT2D eigenvalue weighted by Gasteiger charge is -2.05. The Morgan fingerprint density at radius 2 is 1.82 bits per heavy atom. The zero-order valence-corrected chi connectivity index (χ0v) is 19.2. The van der Waals surface area contributed by atoms with Crippen molar-refractivity contribution < 1.29 is 9.18 Å². The predicted molar refractivity (Wildman–Crippen MR) is 130 cm³/mol. The van der Waals surface area contributed by atoms with Gasteiger partial charge in [0, 0.05) is 29.3 Å². The SMILES string of the molecule is CCC(CC)c1nnc(NC(=O)/C=C/c2cn(-c3ccccc3)nc2-c2ccc(F)cc2)s1. The van der Waals surface area contributed by atoms with Crippen LogP contribution in [0.25, 0.3) is 23.0 Å². The molecule has 0 atom stereocenters. The van der Waals surface area contributed by atoms with Crippen molar-refractivity contribution in [3.63, 3.8) is 0 Å². The minimum atomic E-state index is -0.317. The molecule has 0 fully saturated rings. The van der Waals surface area contributed by atoms with E-state index in [9.17, 15) is 9.18 Å². The van der Waals surface area contributed by atoms with Gasteiger partial charge in [0.15, 0.2) is 0 Å². The second-order valence-electron chi connectivity index (χ2n) is 7.50. The van der Waals surface area contributed by atoms with Crippen molar-refractivity contribution in [3.8, 4) is 16.9 Å². The third-order valence-corrected chi connectivity index (χ3v) is 6.30. The summed E-state index contributed by atoms with van der Waals surface area (Å²) in [6.45, 7) is 4.23. The number of hydrogen-bond acceptors (Lipinski definition) is 5. The first kappa shape index (κ1) is 22.5. The van der Waals surface area contributed by atoms with Crippen molar-refractivity contribution in [1.29, 1.82) is 0 Å². The van der Waals surface area contributed by atoms with Crippen molar-refractivity contribution in [3.05, 3.63) is 83.3 Å². The Hall–Kier alpha value is -3.65. The van der Waals surface area contributed by atoms with E-state index in [4.69, 9.17) is 0 Å². The number of rotatable bonds is 8. The molecular weight excluding hydrogens is 437 g/mol. The van der Waals surface area contributed by atoms with Crippen LogP contribution in [0.2, 0.25) is 0 Å². The fraction of sp³-hybridized carbons (Fsp3) is 0.200. The molecule has 33 heavy (non-hydrogen) atoms. The molecule has 2 aromatic heterocycles. The molecule has 1 amide bonds. The minimum Gasteiger partial charge on any atom is -0.297 e. The Labute approximate surface area is 195 Å². The number of benzene rings is 2. The summed E-state index contributed by atoms with van der Waals surface area (Å²) in [6.07, 6.45) is 6.95. The summed E-state index contributed by atoms with van der Waals surface area (Å²) >= 11 is 1.40. The highest BCUT2D eigenvalue weighted by Crippen LogP contribution is 2.28. The van der Waals surface area contributed by atoms with Crippen LogP contribution in [0.15, 0.2) is 66.9 Å². The number of anilines is 1. The van der Waals surface area contributed by atoms with Gasteiger partial charge in [-0.3, -0.25) is 10.1 Å². The van der Waals surface area contributed by atoms with Gasteiger partial charge in [0.05, 0.1) is 11.4 Å². The van der Waals surface area contributed by atoms with Crippen LogP contribution in [-0.2, 0) is 4.79 Å². The first-order valence-corrected chi connectivity index (χ1v) is 11.6. The second-order valence-corrected chi connectivity index (χ2v) is 8.51. The first-order chi connectivity index (χ1) is 16.1. The molecule has 2 heterocycles. The highest BCUT2D eigenvalue weighted by atomic mass is 32.1. The van der Waals surface area contributed by atoms with Gasteiger partial charge in [-0.05, 0) is 55.3 Å². The summed E-state index contributed by atoms with van der Waals surface area (Å²) in [5.74, 6) is -0.270. The Bertz CT molecular complexity index is 1240. The van der Waals surface area contributed by atoms with Crippen LogP contribution >= 0.6 is 11.3 Å². The van der Waals surface area contributed by atoms with E-state index in [1.807, 2.05) is 36.5 Å². The number of hydrogen-bond donors (Lipinski definition) is 1. The van der Waals surface area contributed by atoms with Crippen LogP contribution in [0.5, 0.6) is 0 Å². The molecule has 1 N–H and O–H groups in total. The monoisotopic (exact) mass is 461 g/mol. The molecule has 0 aliphatic carbocycles. The van der Waals surface area contributed by atoms with Gasteiger partial charge in [0.1, 0.15) is 10.8 Å². The van der Waals surface area contributed by atoms with Crippen LogP contribution < -0.4 is 5.32 Å². The summed E-state index contributed by atoms with van der Waals surface area (Å²) in [7, 11) is 0. The third kappa shape index (κ3) is 5.40. The number of carbonyl (C=O) groups is 1. The third-order valence-electron chi connectivity index (χ3n) is 5.30. The molecule has 8 heteroatoms. The van der Waals surface area contributed by atoms with Gasteiger partial charge < -0.3 is 0 Å². The van der Waals surface area contributed by atoms with Crippen LogP contribution in [0.3, 0.4) is 0 Å². The molecule has 168 valence electrons. The maximum atomic E-state index is 13.4. The van der Waals surface area contributed by atoms with Gasteiger partial charge in [0.25, 0.3) is 0 Å². The van der Waals surface area contributed by atoms with Gasteiger partial charge in [-0.25, -0.2) is 9.07 Å².